The molecule has 1 saturated heterocycles. The first-order valence-corrected chi connectivity index (χ1v) is 6.36. The van der Waals surface area contributed by atoms with Crippen LogP contribution in [-0.2, 0) is 0 Å². The molecule has 0 aromatic rings. The van der Waals surface area contributed by atoms with Crippen molar-refractivity contribution in [2.24, 2.45) is 11.8 Å². The Kier molecular flexibility index (Phi) is 4.05. The largest absolute Gasteiger partial charge is 0.305 e. The molecule has 78 valence electrons. The summed E-state index contributed by atoms with van der Waals surface area (Å²) in [4.78, 5) is 2.48. The summed E-state index contributed by atoms with van der Waals surface area (Å²) in [5.41, 5.74) is 0. The van der Waals surface area contributed by atoms with E-state index in [4.69, 9.17) is 0 Å². The minimum atomic E-state index is 0.484. The van der Waals surface area contributed by atoms with E-state index in [-0.39, 0.29) is 0 Å². The van der Waals surface area contributed by atoms with Gasteiger partial charge in [-0.3, -0.25) is 0 Å². The molecule has 0 amide bonds. The van der Waals surface area contributed by atoms with Gasteiger partial charge in [-0.2, -0.15) is 0 Å². The van der Waals surface area contributed by atoms with Crippen molar-refractivity contribution in [3.8, 4) is 0 Å². The van der Waals surface area contributed by atoms with E-state index in [1.54, 1.807) is 0 Å². The fourth-order valence-electron chi connectivity index (χ4n) is 2.31. The van der Waals surface area contributed by atoms with Gasteiger partial charge in [0.2, 0.25) is 0 Å². The van der Waals surface area contributed by atoms with Crippen molar-refractivity contribution in [2.75, 3.05) is 20.1 Å². The molecular weight excluding hydrogens is 273 g/mol. The topological polar surface area (TPSA) is 3.24 Å². The molecule has 0 aromatic carbocycles. The number of hydrogen-bond acceptors (Lipinski definition) is 1. The minimum absolute atomic E-state index is 0.484. The number of likely N-dealkylation sites (tertiary alicyclic amines) is 1. The van der Waals surface area contributed by atoms with E-state index >= 15 is 0 Å². The first-order chi connectivity index (χ1) is 5.91. The number of hydrogen-bond donors (Lipinski definition) is 0. The lowest BCUT2D eigenvalue weighted by Crippen LogP contribution is -2.32. The lowest BCUT2D eigenvalue weighted by atomic mass is 9.86. The Labute approximate surface area is 96.4 Å². The molecule has 0 aliphatic carbocycles. The number of nitrogens with zero attached hydrogens (tertiary/aromatic N) is 1. The van der Waals surface area contributed by atoms with E-state index in [1.165, 1.54) is 25.9 Å². The summed E-state index contributed by atoms with van der Waals surface area (Å²) in [6.45, 7) is 9.65. The van der Waals surface area contributed by atoms with E-state index in [0.717, 1.165) is 11.8 Å². The van der Waals surface area contributed by atoms with Crippen molar-refractivity contribution in [1.82, 2.24) is 4.90 Å². The van der Waals surface area contributed by atoms with Gasteiger partial charge in [-0.15, -0.1) is 0 Å². The highest BCUT2D eigenvalue weighted by Gasteiger charge is 2.31. The van der Waals surface area contributed by atoms with Crippen LogP contribution in [0.25, 0.3) is 0 Å². The van der Waals surface area contributed by atoms with Crippen LogP contribution in [0.5, 0.6) is 0 Å². The molecule has 1 heterocycles. The highest BCUT2D eigenvalue weighted by molar-refractivity contribution is 14.1. The molecule has 1 aliphatic heterocycles. The number of halogens is 1. The van der Waals surface area contributed by atoms with Gasteiger partial charge < -0.3 is 4.90 Å². The average Bonchev–Trinajstić information content (AvgIpc) is 2.07. The second-order valence-corrected chi connectivity index (χ2v) is 7.75. The van der Waals surface area contributed by atoms with Gasteiger partial charge in [0.1, 0.15) is 0 Å². The standard InChI is InChI=1S/C11H22IN/c1-9(2)10-5-6-13(4)8-11(3,12)7-10/h9-10H,5-8H2,1-4H3. The smallest absolute Gasteiger partial charge is 0.0323 e. The van der Waals surface area contributed by atoms with E-state index in [9.17, 15) is 0 Å². The van der Waals surface area contributed by atoms with Gasteiger partial charge in [0, 0.05) is 9.97 Å². The lowest BCUT2D eigenvalue weighted by molar-refractivity contribution is 0.316. The van der Waals surface area contributed by atoms with Crippen LogP contribution in [0, 0.1) is 11.8 Å². The van der Waals surface area contributed by atoms with Gasteiger partial charge in [0.25, 0.3) is 0 Å². The van der Waals surface area contributed by atoms with Crippen LogP contribution < -0.4 is 0 Å². The average molecular weight is 295 g/mol. The highest BCUT2D eigenvalue weighted by Crippen LogP contribution is 2.35. The molecule has 1 nitrogen and oxygen atoms in total. The SMILES string of the molecule is CC(C)C1CCN(C)CC(C)(I)C1. The van der Waals surface area contributed by atoms with Crippen LogP contribution in [0.4, 0.5) is 0 Å². The Bertz CT molecular complexity index is 165. The predicted molar refractivity (Wildman–Crippen MR) is 67.5 cm³/mol. The quantitative estimate of drug-likeness (QED) is 0.530. The molecule has 2 unspecified atom stereocenters. The van der Waals surface area contributed by atoms with Crippen molar-refractivity contribution < 1.29 is 0 Å². The second kappa shape index (κ2) is 4.47. The summed E-state index contributed by atoms with van der Waals surface area (Å²) < 4.78 is 0.484. The maximum absolute atomic E-state index is 2.64. The van der Waals surface area contributed by atoms with Crippen molar-refractivity contribution >= 4 is 22.6 Å². The van der Waals surface area contributed by atoms with Gasteiger partial charge >= 0.3 is 0 Å². The summed E-state index contributed by atoms with van der Waals surface area (Å²) >= 11 is 2.64. The molecule has 1 aliphatic rings. The van der Waals surface area contributed by atoms with Crippen molar-refractivity contribution in [1.29, 1.82) is 0 Å². The normalized spacial score (nSPS) is 37.8. The molecule has 0 bridgehead atoms. The fraction of sp³-hybridized carbons (Fsp3) is 1.00. The van der Waals surface area contributed by atoms with Crippen LogP contribution in [-0.4, -0.2) is 28.5 Å². The van der Waals surface area contributed by atoms with Gasteiger partial charge in [0.05, 0.1) is 0 Å². The third-order valence-electron chi connectivity index (χ3n) is 3.11. The second-order valence-electron chi connectivity index (χ2n) is 5.15. The summed E-state index contributed by atoms with van der Waals surface area (Å²) in [5, 5.41) is 0. The van der Waals surface area contributed by atoms with Gasteiger partial charge in [-0.25, -0.2) is 0 Å². The van der Waals surface area contributed by atoms with Crippen molar-refractivity contribution in [3.05, 3.63) is 0 Å². The molecule has 1 rings (SSSR count). The summed E-state index contributed by atoms with van der Waals surface area (Å²) in [7, 11) is 2.25. The molecule has 0 aromatic heterocycles. The maximum Gasteiger partial charge on any atom is 0.0323 e. The molecule has 1 fully saturated rings. The van der Waals surface area contributed by atoms with Crippen LogP contribution in [0.2, 0.25) is 0 Å². The lowest BCUT2D eigenvalue weighted by Gasteiger charge is -2.27. The van der Waals surface area contributed by atoms with Gasteiger partial charge in [-0.05, 0) is 45.2 Å². The maximum atomic E-state index is 2.64. The molecule has 13 heavy (non-hydrogen) atoms. The Hall–Kier alpha value is 0.690. The first kappa shape index (κ1) is 11.8. The highest BCUT2D eigenvalue weighted by atomic mass is 127. The van der Waals surface area contributed by atoms with Crippen molar-refractivity contribution in [3.63, 3.8) is 0 Å². The minimum Gasteiger partial charge on any atom is -0.305 e. The van der Waals surface area contributed by atoms with E-state index < -0.39 is 0 Å². The summed E-state index contributed by atoms with van der Waals surface area (Å²) in [6.07, 6.45) is 2.77. The molecular formula is C11H22IN. The zero-order chi connectivity index (χ0) is 10.1. The Morgan fingerprint density at radius 1 is 1.46 bits per heavy atom. The molecule has 0 spiro atoms. The molecule has 0 saturated carbocycles. The van der Waals surface area contributed by atoms with Crippen LogP contribution in [0.15, 0.2) is 0 Å². The molecule has 2 heteroatoms. The van der Waals surface area contributed by atoms with E-state index in [2.05, 4.69) is 55.3 Å². The van der Waals surface area contributed by atoms with Crippen molar-refractivity contribution in [2.45, 2.75) is 37.0 Å². The monoisotopic (exact) mass is 295 g/mol. The van der Waals surface area contributed by atoms with E-state index in [1.807, 2.05) is 0 Å². The molecule has 0 radical (unpaired) electrons. The fourth-order valence-corrected chi connectivity index (χ4v) is 3.46. The van der Waals surface area contributed by atoms with E-state index in [0.29, 0.717) is 3.42 Å². The van der Waals surface area contributed by atoms with Crippen LogP contribution in [0.3, 0.4) is 0 Å². The third kappa shape index (κ3) is 3.74. The Morgan fingerprint density at radius 2 is 2.08 bits per heavy atom. The number of rotatable bonds is 1. The zero-order valence-corrected chi connectivity index (χ0v) is 11.5. The Balaban J connectivity index is 2.62. The summed E-state index contributed by atoms with van der Waals surface area (Å²) in [5.74, 6) is 1.77. The first-order valence-electron chi connectivity index (χ1n) is 5.28. The Morgan fingerprint density at radius 3 is 2.62 bits per heavy atom. The molecule has 0 N–H and O–H groups in total. The third-order valence-corrected chi connectivity index (χ3v) is 3.89. The number of alkyl halides is 1. The zero-order valence-electron chi connectivity index (χ0n) is 9.31. The van der Waals surface area contributed by atoms with Gasteiger partial charge in [-0.1, -0.05) is 36.4 Å². The van der Waals surface area contributed by atoms with Gasteiger partial charge in [0.15, 0.2) is 0 Å². The predicted octanol–water partition coefficient (Wildman–Crippen LogP) is 3.18. The van der Waals surface area contributed by atoms with Crippen LogP contribution >= 0.6 is 22.6 Å². The van der Waals surface area contributed by atoms with Crippen LogP contribution in [0.1, 0.15) is 33.6 Å². The molecule has 2 atom stereocenters. The summed E-state index contributed by atoms with van der Waals surface area (Å²) in [6, 6.07) is 0.